The van der Waals surface area contributed by atoms with E-state index in [0.717, 1.165) is 30.3 Å². The average molecular weight is 320 g/mol. The Morgan fingerprint density at radius 3 is 2.14 bits per heavy atom. The second-order valence-electron chi connectivity index (χ2n) is 4.19. The molecule has 1 unspecified atom stereocenters. The zero-order valence-corrected chi connectivity index (χ0v) is 11.2. The van der Waals surface area contributed by atoms with Gasteiger partial charge in [0.1, 0.15) is 17.7 Å². The van der Waals surface area contributed by atoms with Gasteiger partial charge in [0, 0.05) is 10.5 Å². The van der Waals surface area contributed by atoms with Gasteiger partial charge in [-0.3, -0.25) is 0 Å². The van der Waals surface area contributed by atoms with Gasteiger partial charge in [-0.15, -0.1) is 0 Å². The van der Waals surface area contributed by atoms with Crippen LogP contribution in [0.4, 0.5) is 22.0 Å². The fourth-order valence-electron chi connectivity index (χ4n) is 1.76. The van der Waals surface area contributed by atoms with Gasteiger partial charge in [0.25, 0.3) is 0 Å². The molecule has 0 fully saturated rings. The van der Waals surface area contributed by atoms with Crippen molar-refractivity contribution in [3.63, 3.8) is 0 Å². The Balaban J connectivity index is 2.24. The third-order valence-corrected chi connectivity index (χ3v) is 3.42. The number of rotatable bonds is 3. The van der Waals surface area contributed by atoms with Gasteiger partial charge in [-0.05, 0) is 47.7 Å². The zero-order chi connectivity index (χ0) is 15.6. The minimum atomic E-state index is -4.41. The third-order valence-electron chi connectivity index (χ3n) is 2.68. The molecule has 21 heavy (non-hydrogen) atoms. The van der Waals surface area contributed by atoms with Gasteiger partial charge in [-0.25, -0.2) is 8.78 Å². The first-order chi connectivity index (χ1) is 9.76. The van der Waals surface area contributed by atoms with E-state index in [-0.39, 0.29) is 27.8 Å². The highest BCUT2D eigenvalue weighted by Crippen LogP contribution is 2.37. The maximum Gasteiger partial charge on any atom is 0.446 e. The first-order valence-corrected chi connectivity index (χ1v) is 6.56. The lowest BCUT2D eigenvalue weighted by Crippen LogP contribution is -2.04. The molecular weight excluding hydrogens is 311 g/mol. The summed E-state index contributed by atoms with van der Waals surface area (Å²) in [6.45, 7) is 0. The second-order valence-corrected chi connectivity index (χ2v) is 5.32. The Kier molecular flexibility index (Phi) is 4.53. The van der Waals surface area contributed by atoms with Crippen LogP contribution in [0.15, 0.2) is 47.4 Å². The summed E-state index contributed by atoms with van der Waals surface area (Å²) in [5.74, 6) is -1.51. The van der Waals surface area contributed by atoms with Crippen LogP contribution in [0.2, 0.25) is 0 Å². The molecule has 0 aliphatic rings. The number of thioether (sulfide) groups is 1. The highest BCUT2D eigenvalue weighted by Gasteiger charge is 2.29. The fourth-order valence-corrected chi connectivity index (χ4v) is 2.29. The van der Waals surface area contributed by atoms with E-state index in [1.54, 1.807) is 0 Å². The highest BCUT2D eigenvalue weighted by atomic mass is 32.2. The van der Waals surface area contributed by atoms with Crippen LogP contribution in [0.25, 0.3) is 0 Å². The summed E-state index contributed by atoms with van der Waals surface area (Å²) < 4.78 is 63.2. The van der Waals surface area contributed by atoms with Gasteiger partial charge in [0.05, 0.1) is 0 Å². The van der Waals surface area contributed by atoms with Crippen molar-refractivity contribution >= 4 is 11.8 Å². The number of alkyl halides is 3. The Bertz CT molecular complexity index is 624. The lowest BCUT2D eigenvalue weighted by Gasteiger charge is -2.13. The van der Waals surface area contributed by atoms with Gasteiger partial charge >= 0.3 is 5.51 Å². The van der Waals surface area contributed by atoms with Crippen LogP contribution in [-0.4, -0.2) is 10.6 Å². The molecule has 0 saturated heterocycles. The molecule has 0 spiro atoms. The van der Waals surface area contributed by atoms with Crippen molar-refractivity contribution in [2.75, 3.05) is 0 Å². The molecular formula is C14H9F5OS. The number of aliphatic hydroxyl groups is 1. The number of aliphatic hydroxyl groups excluding tert-OH is 1. The molecule has 1 N–H and O–H groups in total. The molecule has 112 valence electrons. The average Bonchev–Trinajstić information content (AvgIpc) is 2.40. The van der Waals surface area contributed by atoms with Crippen molar-refractivity contribution in [3.8, 4) is 0 Å². The minimum Gasteiger partial charge on any atom is -0.384 e. The summed E-state index contributed by atoms with van der Waals surface area (Å²) in [4.78, 5) is -0.0573. The van der Waals surface area contributed by atoms with Gasteiger partial charge in [-0.2, -0.15) is 13.2 Å². The summed E-state index contributed by atoms with van der Waals surface area (Å²) in [7, 11) is 0. The number of benzene rings is 2. The lowest BCUT2D eigenvalue weighted by molar-refractivity contribution is -0.0328. The van der Waals surface area contributed by atoms with Crippen molar-refractivity contribution < 1.29 is 27.1 Å². The third kappa shape index (κ3) is 4.18. The van der Waals surface area contributed by atoms with E-state index in [0.29, 0.717) is 0 Å². The molecule has 0 aliphatic carbocycles. The highest BCUT2D eigenvalue weighted by molar-refractivity contribution is 8.00. The van der Waals surface area contributed by atoms with Crippen LogP contribution in [0.1, 0.15) is 17.2 Å². The monoisotopic (exact) mass is 320 g/mol. The van der Waals surface area contributed by atoms with Gasteiger partial charge in [0.2, 0.25) is 0 Å². The van der Waals surface area contributed by atoms with Crippen molar-refractivity contribution in [2.45, 2.75) is 16.5 Å². The lowest BCUT2D eigenvalue weighted by atomic mass is 10.0. The molecule has 0 aromatic heterocycles. The van der Waals surface area contributed by atoms with Crippen molar-refractivity contribution in [2.24, 2.45) is 0 Å². The molecule has 2 rings (SSSR count). The van der Waals surface area contributed by atoms with Gasteiger partial charge < -0.3 is 5.11 Å². The first-order valence-electron chi connectivity index (χ1n) is 5.75. The molecule has 0 heterocycles. The van der Waals surface area contributed by atoms with E-state index < -0.39 is 23.2 Å². The number of hydrogen-bond acceptors (Lipinski definition) is 2. The molecule has 2 aromatic rings. The fraction of sp³-hybridized carbons (Fsp3) is 0.143. The molecule has 0 bridgehead atoms. The molecule has 0 amide bonds. The molecule has 1 atom stereocenters. The molecule has 0 aliphatic heterocycles. The van der Waals surface area contributed by atoms with E-state index >= 15 is 0 Å². The van der Waals surface area contributed by atoms with E-state index in [1.165, 1.54) is 12.1 Å². The normalized spacial score (nSPS) is 13.2. The predicted octanol–water partition coefficient (Wildman–Crippen LogP) is 4.66. The van der Waals surface area contributed by atoms with Crippen LogP contribution < -0.4 is 0 Å². The Labute approximate surface area is 121 Å². The Morgan fingerprint density at radius 2 is 1.57 bits per heavy atom. The summed E-state index contributed by atoms with van der Waals surface area (Å²) in [6, 6.07) is 7.43. The van der Waals surface area contributed by atoms with Crippen molar-refractivity contribution in [3.05, 3.63) is 65.2 Å². The zero-order valence-electron chi connectivity index (χ0n) is 10.4. The maximum absolute atomic E-state index is 13.5. The summed E-state index contributed by atoms with van der Waals surface area (Å²) in [5, 5.41) is 9.98. The van der Waals surface area contributed by atoms with E-state index in [1.807, 2.05) is 0 Å². The van der Waals surface area contributed by atoms with Crippen LogP contribution >= 0.6 is 11.8 Å². The van der Waals surface area contributed by atoms with Crippen LogP contribution in [0.3, 0.4) is 0 Å². The largest absolute Gasteiger partial charge is 0.446 e. The molecule has 0 saturated carbocycles. The minimum absolute atomic E-state index is 0.0573. The van der Waals surface area contributed by atoms with Gasteiger partial charge in [-0.1, -0.05) is 12.1 Å². The van der Waals surface area contributed by atoms with E-state index in [2.05, 4.69) is 0 Å². The summed E-state index contributed by atoms with van der Waals surface area (Å²) in [6.07, 6.45) is -1.45. The molecule has 2 aromatic carbocycles. The first kappa shape index (κ1) is 15.8. The SMILES string of the molecule is OC(c1ccc(SC(F)(F)F)cc1)c1cc(F)ccc1F. The van der Waals surface area contributed by atoms with Crippen LogP contribution in [0, 0.1) is 11.6 Å². The maximum atomic E-state index is 13.5. The summed E-state index contributed by atoms with van der Waals surface area (Å²) in [5.41, 5.74) is -4.51. The Hall–Kier alpha value is -1.60. The predicted molar refractivity (Wildman–Crippen MR) is 68.8 cm³/mol. The van der Waals surface area contributed by atoms with Crippen LogP contribution in [0.5, 0.6) is 0 Å². The molecule has 1 nitrogen and oxygen atoms in total. The second kappa shape index (κ2) is 6.03. The number of hydrogen-bond donors (Lipinski definition) is 1. The van der Waals surface area contributed by atoms with Crippen molar-refractivity contribution in [1.82, 2.24) is 0 Å². The Morgan fingerprint density at radius 1 is 0.952 bits per heavy atom. The molecule has 0 radical (unpaired) electrons. The van der Waals surface area contributed by atoms with Crippen LogP contribution in [-0.2, 0) is 0 Å². The topological polar surface area (TPSA) is 20.2 Å². The molecule has 7 heteroatoms. The smallest absolute Gasteiger partial charge is 0.384 e. The quantitative estimate of drug-likeness (QED) is 0.656. The van der Waals surface area contributed by atoms with Gasteiger partial charge in [0.15, 0.2) is 0 Å². The summed E-state index contributed by atoms with van der Waals surface area (Å²) >= 11 is -0.293. The standard InChI is InChI=1S/C14H9F5OS/c15-9-3-6-12(16)11(7-9)13(20)8-1-4-10(5-2-8)21-14(17,18)19/h1-7,13,20H. The van der Waals surface area contributed by atoms with E-state index in [9.17, 15) is 27.1 Å². The van der Waals surface area contributed by atoms with Crippen molar-refractivity contribution in [1.29, 1.82) is 0 Å². The number of halogens is 5. The van der Waals surface area contributed by atoms with E-state index in [4.69, 9.17) is 0 Å².